The minimum Gasteiger partial charge on any atom is -0.590 e. The minimum absolute atomic E-state index is 0.511. The van der Waals surface area contributed by atoms with Gasteiger partial charge in [-0.25, -0.2) is 0 Å². The molecule has 0 aliphatic carbocycles. The van der Waals surface area contributed by atoms with Crippen LogP contribution < -0.4 is 4.89 Å². The van der Waals surface area contributed by atoms with Crippen LogP contribution in [0.1, 0.15) is 117 Å². The third-order valence-corrected chi connectivity index (χ3v) is 8.06. The first-order valence-corrected chi connectivity index (χ1v) is 13.1. The van der Waals surface area contributed by atoms with E-state index in [1.54, 1.807) is 0 Å². The van der Waals surface area contributed by atoms with E-state index in [1.807, 2.05) is 28.1 Å². The van der Waals surface area contributed by atoms with Crippen molar-refractivity contribution < 1.29 is 13.9 Å². The van der Waals surface area contributed by atoms with Crippen molar-refractivity contribution in [1.82, 2.24) is 0 Å². The maximum absolute atomic E-state index is 11.9. The second-order valence-corrected chi connectivity index (χ2v) is 10.6. The van der Waals surface area contributed by atoms with Crippen LogP contribution in [0.4, 0.5) is 0 Å². The highest BCUT2D eigenvalue weighted by atomic mass is 31.1. The molecule has 0 rings (SSSR count). The van der Waals surface area contributed by atoms with E-state index in [9.17, 15) is 9.46 Å². The van der Waals surface area contributed by atoms with E-state index >= 15 is 0 Å². The van der Waals surface area contributed by atoms with E-state index in [4.69, 9.17) is 0 Å². The van der Waals surface area contributed by atoms with Crippen molar-refractivity contribution in [1.29, 1.82) is 0 Å². The predicted molar refractivity (Wildman–Crippen MR) is 123 cm³/mol. The molecule has 0 amide bonds. The molecule has 3 nitrogen and oxygen atoms in total. The molecule has 2 unspecified atom stereocenters. The first kappa shape index (κ1) is 27.8. The summed E-state index contributed by atoms with van der Waals surface area (Å²) in [6.45, 7) is 4.26. The quantitative estimate of drug-likeness (QED) is 0.0960. The molecule has 0 N–H and O–H groups in total. The van der Waals surface area contributed by atoms with E-state index in [0.29, 0.717) is 10.9 Å². The van der Waals surface area contributed by atoms with E-state index in [0.717, 1.165) is 19.3 Å². The van der Waals surface area contributed by atoms with Gasteiger partial charge in [-0.15, -0.1) is 0 Å². The average Bonchev–Trinajstić information content (AvgIpc) is 2.63. The molecule has 0 radical (unpaired) electrons. The summed E-state index contributed by atoms with van der Waals surface area (Å²) in [6.07, 6.45) is 24.2. The zero-order valence-corrected chi connectivity index (χ0v) is 20.6. The number of allylic oxidation sites excluding steroid dienone is 2. The lowest BCUT2D eigenvalue weighted by molar-refractivity contribution is -0.910. The predicted octanol–water partition coefficient (Wildman–Crippen LogP) is 7.33. The van der Waals surface area contributed by atoms with E-state index in [1.165, 1.54) is 77.0 Å². The summed E-state index contributed by atoms with van der Waals surface area (Å²) < 4.78 is 12.4. The van der Waals surface area contributed by atoms with Crippen LogP contribution in [-0.4, -0.2) is 30.9 Å². The number of nitrogens with zero attached hydrogens (tertiary/aromatic N) is 1. The van der Waals surface area contributed by atoms with Crippen LogP contribution in [0, 0.1) is 0 Å². The van der Waals surface area contributed by atoms with Crippen molar-refractivity contribution >= 4 is 8.03 Å². The molecule has 0 spiro atoms. The summed E-state index contributed by atoms with van der Waals surface area (Å²) in [5.41, 5.74) is 0. The van der Waals surface area contributed by atoms with Gasteiger partial charge in [-0.05, 0) is 25.7 Å². The molecular weight excluding hydrogens is 365 g/mol. The number of hydrogen-bond acceptors (Lipinski definition) is 2. The minimum atomic E-state index is -2.41. The van der Waals surface area contributed by atoms with Crippen molar-refractivity contribution in [2.75, 3.05) is 21.1 Å². The SMILES string of the molecule is CCCC/C=C\CCCCCCCCCCCCC(CC)([P+](=O)[O-])[N+](C)(C)C. The second-order valence-electron chi connectivity index (χ2n) is 9.29. The summed E-state index contributed by atoms with van der Waals surface area (Å²) in [6, 6.07) is 0. The van der Waals surface area contributed by atoms with E-state index in [-0.39, 0.29) is 0 Å². The van der Waals surface area contributed by atoms with Gasteiger partial charge in [0, 0.05) is 12.8 Å². The molecular formula is C24H49NO2P+. The molecule has 0 aromatic carbocycles. The van der Waals surface area contributed by atoms with Crippen molar-refractivity contribution in [3.8, 4) is 0 Å². The third kappa shape index (κ3) is 11.7. The summed E-state index contributed by atoms with van der Waals surface area (Å²) in [4.78, 5) is 11.9. The Hall–Kier alpha value is -0.240. The fourth-order valence-electron chi connectivity index (χ4n) is 4.09. The lowest BCUT2D eigenvalue weighted by Crippen LogP contribution is -2.55. The summed E-state index contributed by atoms with van der Waals surface area (Å²) in [5.74, 6) is 0. The van der Waals surface area contributed by atoms with Gasteiger partial charge >= 0.3 is 8.03 Å². The summed E-state index contributed by atoms with van der Waals surface area (Å²) in [7, 11) is 3.62. The van der Waals surface area contributed by atoms with Crippen LogP contribution in [0.15, 0.2) is 12.2 Å². The largest absolute Gasteiger partial charge is 0.590 e. The van der Waals surface area contributed by atoms with Crippen LogP contribution in [0.2, 0.25) is 0 Å². The Morgan fingerprint density at radius 3 is 1.57 bits per heavy atom. The zero-order valence-electron chi connectivity index (χ0n) is 19.7. The van der Waals surface area contributed by atoms with Gasteiger partial charge in [0.1, 0.15) is 0 Å². The Morgan fingerprint density at radius 1 is 0.750 bits per heavy atom. The molecule has 0 aromatic rings. The van der Waals surface area contributed by atoms with Gasteiger partial charge in [-0.1, -0.05) is 94.8 Å². The van der Waals surface area contributed by atoms with Crippen molar-refractivity contribution in [2.24, 2.45) is 0 Å². The van der Waals surface area contributed by atoms with Crippen molar-refractivity contribution in [2.45, 2.75) is 122 Å². The number of quaternary nitrogens is 1. The Kier molecular flexibility index (Phi) is 16.4. The van der Waals surface area contributed by atoms with Crippen molar-refractivity contribution in [3.05, 3.63) is 12.2 Å². The summed E-state index contributed by atoms with van der Waals surface area (Å²) >= 11 is 0. The maximum Gasteiger partial charge on any atom is 0.376 e. The van der Waals surface area contributed by atoms with E-state index < -0.39 is 13.3 Å². The number of unbranched alkanes of at least 4 members (excludes halogenated alkanes) is 12. The Labute approximate surface area is 177 Å². The highest BCUT2D eigenvalue weighted by Gasteiger charge is 2.52. The Balaban J connectivity index is 3.62. The van der Waals surface area contributed by atoms with Crippen LogP contribution in [0.3, 0.4) is 0 Å². The number of hydrogen-bond donors (Lipinski definition) is 0. The Bertz CT molecular complexity index is 417. The number of rotatable bonds is 19. The standard InChI is InChI=1S/C24H49NO2P/c1-6-8-9-10-11-12-13-14-15-16-17-18-19-20-21-22-23-24(7-2,28(26)27)25(3,4)5/h10-11H,6-9,12-23H2,1-5H3/q+1/b11-10-. The first-order valence-electron chi connectivity index (χ1n) is 11.9. The summed E-state index contributed by atoms with van der Waals surface area (Å²) in [5, 5.41) is -0.597. The topological polar surface area (TPSA) is 40.1 Å². The van der Waals surface area contributed by atoms with Gasteiger partial charge in [0.05, 0.1) is 21.1 Å². The molecule has 28 heavy (non-hydrogen) atoms. The maximum atomic E-state index is 11.9. The second kappa shape index (κ2) is 16.5. The zero-order chi connectivity index (χ0) is 21.3. The average molecular weight is 415 g/mol. The normalized spacial score (nSPS) is 15.1. The smallest absolute Gasteiger partial charge is 0.376 e. The van der Waals surface area contributed by atoms with Gasteiger partial charge in [0.25, 0.3) is 5.28 Å². The lowest BCUT2D eigenvalue weighted by Gasteiger charge is -2.39. The highest BCUT2D eigenvalue weighted by molar-refractivity contribution is 7.38. The highest BCUT2D eigenvalue weighted by Crippen LogP contribution is 2.44. The monoisotopic (exact) mass is 414 g/mol. The molecule has 0 aliphatic rings. The molecule has 0 aromatic heterocycles. The lowest BCUT2D eigenvalue weighted by atomic mass is 10.0. The molecule has 0 fully saturated rings. The molecule has 0 saturated heterocycles. The third-order valence-electron chi connectivity index (χ3n) is 6.24. The first-order chi connectivity index (χ1) is 13.3. The molecule has 0 saturated carbocycles. The molecule has 4 heteroatoms. The fraction of sp³-hybridized carbons (Fsp3) is 0.917. The van der Waals surface area contributed by atoms with Gasteiger partial charge in [-0.3, -0.25) is 4.48 Å². The molecule has 0 bridgehead atoms. The molecule has 0 aliphatic heterocycles. The van der Waals surface area contributed by atoms with Crippen LogP contribution in [0.5, 0.6) is 0 Å². The van der Waals surface area contributed by atoms with Gasteiger partial charge in [0.2, 0.25) is 0 Å². The van der Waals surface area contributed by atoms with Gasteiger partial charge in [-0.2, -0.15) is 0 Å². The van der Waals surface area contributed by atoms with Gasteiger partial charge < -0.3 is 4.89 Å². The molecule has 166 valence electrons. The molecule has 2 atom stereocenters. The van der Waals surface area contributed by atoms with Crippen LogP contribution in [0.25, 0.3) is 0 Å². The van der Waals surface area contributed by atoms with Crippen molar-refractivity contribution in [3.63, 3.8) is 0 Å². The van der Waals surface area contributed by atoms with Crippen LogP contribution >= 0.6 is 8.03 Å². The van der Waals surface area contributed by atoms with Crippen LogP contribution in [-0.2, 0) is 4.57 Å². The van der Waals surface area contributed by atoms with E-state index in [2.05, 4.69) is 19.1 Å². The molecule has 0 heterocycles. The Morgan fingerprint density at radius 2 is 1.18 bits per heavy atom. The fourth-order valence-corrected chi connectivity index (χ4v) is 5.18. The van der Waals surface area contributed by atoms with Gasteiger partial charge in [0.15, 0.2) is 0 Å².